The van der Waals surface area contributed by atoms with Gasteiger partial charge in [0.1, 0.15) is 24.2 Å². The van der Waals surface area contributed by atoms with E-state index in [2.05, 4.69) is 31.9 Å². The van der Waals surface area contributed by atoms with Gasteiger partial charge in [-0.05, 0) is 65.2 Å². The van der Waals surface area contributed by atoms with Crippen molar-refractivity contribution in [3.05, 3.63) is 75.1 Å². The molecule has 0 aromatic heterocycles. The van der Waals surface area contributed by atoms with Crippen LogP contribution in [0.15, 0.2) is 69.5 Å². The number of ether oxygens (including phenoxy) is 3. The number of allylic oxidation sites excluding steroid dienone is 1. The standard InChI is InChI=1S/C22H18Br2O5/c23-14-7-5-13(6-8-14)22(26)28-15-9-10-16-19(11-15)27-12-20(21(16)25)29-18-4-2-1-3-17(18)24/h1-8,12,15-16,19H,9-11H2. The zero-order chi connectivity index (χ0) is 20.4. The summed E-state index contributed by atoms with van der Waals surface area (Å²) in [6.07, 6.45) is 2.46. The molecule has 3 atom stereocenters. The lowest BCUT2D eigenvalue weighted by Gasteiger charge is -2.36. The molecular weight excluding hydrogens is 504 g/mol. The third kappa shape index (κ3) is 4.56. The van der Waals surface area contributed by atoms with Gasteiger partial charge in [0, 0.05) is 10.9 Å². The molecule has 0 spiro atoms. The highest BCUT2D eigenvalue weighted by molar-refractivity contribution is 9.10. The largest absolute Gasteiger partial charge is 0.493 e. The molecule has 2 aliphatic rings. The van der Waals surface area contributed by atoms with Crippen LogP contribution in [0.25, 0.3) is 0 Å². The summed E-state index contributed by atoms with van der Waals surface area (Å²) in [5, 5.41) is 0. The quantitative estimate of drug-likeness (QED) is 0.502. The molecule has 0 bridgehead atoms. The number of hydrogen-bond acceptors (Lipinski definition) is 5. The summed E-state index contributed by atoms with van der Waals surface area (Å²) in [4.78, 5) is 25.2. The van der Waals surface area contributed by atoms with E-state index in [0.29, 0.717) is 30.6 Å². The maximum absolute atomic E-state index is 12.9. The lowest BCUT2D eigenvalue weighted by atomic mass is 9.80. The summed E-state index contributed by atoms with van der Waals surface area (Å²) in [6, 6.07) is 14.4. The highest BCUT2D eigenvalue weighted by Gasteiger charge is 2.42. The fourth-order valence-electron chi connectivity index (χ4n) is 3.57. The summed E-state index contributed by atoms with van der Waals surface area (Å²) in [6.45, 7) is 0. The molecule has 1 heterocycles. The van der Waals surface area contributed by atoms with Crippen molar-refractivity contribution in [2.24, 2.45) is 5.92 Å². The molecule has 3 unspecified atom stereocenters. The summed E-state index contributed by atoms with van der Waals surface area (Å²) in [7, 11) is 0. The number of carbonyl (C=O) groups is 2. The second-order valence-corrected chi connectivity index (χ2v) is 8.78. The molecule has 4 rings (SSSR count). The van der Waals surface area contributed by atoms with E-state index in [0.717, 1.165) is 8.95 Å². The van der Waals surface area contributed by atoms with E-state index in [4.69, 9.17) is 14.2 Å². The van der Waals surface area contributed by atoms with Crippen molar-refractivity contribution in [2.45, 2.75) is 31.5 Å². The Bertz CT molecular complexity index is 954. The van der Waals surface area contributed by atoms with Gasteiger partial charge in [-0.3, -0.25) is 4.79 Å². The van der Waals surface area contributed by atoms with Crippen LogP contribution in [0.4, 0.5) is 0 Å². The van der Waals surface area contributed by atoms with Crippen molar-refractivity contribution >= 4 is 43.6 Å². The summed E-state index contributed by atoms with van der Waals surface area (Å²) >= 11 is 6.76. The first-order valence-electron chi connectivity index (χ1n) is 9.30. The van der Waals surface area contributed by atoms with Gasteiger partial charge in [0.25, 0.3) is 0 Å². The molecule has 1 fully saturated rings. The average Bonchev–Trinajstić information content (AvgIpc) is 2.72. The maximum atomic E-state index is 12.9. The monoisotopic (exact) mass is 520 g/mol. The molecule has 1 aliphatic carbocycles. The Kier molecular flexibility index (Phi) is 6.06. The third-order valence-corrected chi connectivity index (χ3v) is 6.27. The highest BCUT2D eigenvalue weighted by atomic mass is 79.9. The Morgan fingerprint density at radius 2 is 1.79 bits per heavy atom. The predicted molar refractivity (Wildman–Crippen MR) is 113 cm³/mol. The molecule has 1 aliphatic heterocycles. The molecule has 2 aromatic carbocycles. The van der Waals surface area contributed by atoms with Gasteiger partial charge in [0.05, 0.1) is 16.0 Å². The van der Waals surface area contributed by atoms with Crippen LogP contribution in [-0.2, 0) is 14.3 Å². The van der Waals surface area contributed by atoms with Crippen LogP contribution in [0.2, 0.25) is 0 Å². The highest BCUT2D eigenvalue weighted by Crippen LogP contribution is 2.36. The molecular formula is C22H18Br2O5. The van der Waals surface area contributed by atoms with Crippen LogP contribution in [0, 0.1) is 5.92 Å². The van der Waals surface area contributed by atoms with Crippen molar-refractivity contribution in [1.82, 2.24) is 0 Å². The number of hydrogen-bond donors (Lipinski definition) is 0. The van der Waals surface area contributed by atoms with Crippen LogP contribution in [0.5, 0.6) is 5.75 Å². The first kappa shape index (κ1) is 20.2. The fourth-order valence-corrected chi connectivity index (χ4v) is 4.20. The predicted octanol–water partition coefficient (Wildman–Crippen LogP) is 5.43. The van der Waals surface area contributed by atoms with Crippen LogP contribution in [-0.4, -0.2) is 24.0 Å². The van der Waals surface area contributed by atoms with E-state index < -0.39 is 0 Å². The summed E-state index contributed by atoms with van der Waals surface area (Å²) in [5.41, 5.74) is 0.500. The number of rotatable bonds is 4. The fraction of sp³-hybridized carbons (Fsp3) is 0.273. The number of carbonyl (C=O) groups excluding carboxylic acids is 2. The average molecular weight is 522 g/mol. The smallest absolute Gasteiger partial charge is 0.338 e. The van der Waals surface area contributed by atoms with E-state index in [1.54, 1.807) is 30.3 Å². The Labute approximate surface area is 185 Å². The molecule has 7 heteroatoms. The maximum Gasteiger partial charge on any atom is 0.338 e. The van der Waals surface area contributed by atoms with E-state index in [1.807, 2.05) is 18.2 Å². The second-order valence-electron chi connectivity index (χ2n) is 7.01. The number of para-hydroxylation sites is 1. The van der Waals surface area contributed by atoms with Crippen molar-refractivity contribution in [3.8, 4) is 5.75 Å². The van der Waals surface area contributed by atoms with Crippen LogP contribution in [0.1, 0.15) is 29.6 Å². The Morgan fingerprint density at radius 3 is 2.55 bits per heavy atom. The van der Waals surface area contributed by atoms with Gasteiger partial charge in [-0.2, -0.15) is 0 Å². The minimum absolute atomic E-state index is 0.0744. The Hall–Kier alpha value is -2.12. The zero-order valence-corrected chi connectivity index (χ0v) is 18.5. The van der Waals surface area contributed by atoms with E-state index in [-0.39, 0.29) is 35.6 Å². The minimum Gasteiger partial charge on any atom is -0.493 e. The first-order valence-corrected chi connectivity index (χ1v) is 10.9. The molecule has 0 radical (unpaired) electrons. The lowest BCUT2D eigenvalue weighted by Crippen LogP contribution is -2.43. The van der Waals surface area contributed by atoms with Crippen LogP contribution < -0.4 is 4.74 Å². The van der Waals surface area contributed by atoms with Gasteiger partial charge in [-0.25, -0.2) is 4.79 Å². The van der Waals surface area contributed by atoms with Crippen LogP contribution in [0.3, 0.4) is 0 Å². The van der Waals surface area contributed by atoms with Crippen molar-refractivity contribution < 1.29 is 23.8 Å². The van der Waals surface area contributed by atoms with Gasteiger partial charge in [-0.15, -0.1) is 0 Å². The molecule has 1 saturated carbocycles. The van der Waals surface area contributed by atoms with Crippen molar-refractivity contribution in [1.29, 1.82) is 0 Å². The number of benzene rings is 2. The van der Waals surface area contributed by atoms with Crippen molar-refractivity contribution in [3.63, 3.8) is 0 Å². The van der Waals surface area contributed by atoms with Crippen LogP contribution >= 0.6 is 31.9 Å². The second kappa shape index (κ2) is 8.71. The summed E-state index contributed by atoms with van der Waals surface area (Å²) < 4.78 is 18.8. The number of ketones is 1. The normalized spacial score (nSPS) is 23.4. The molecule has 5 nitrogen and oxygen atoms in total. The van der Waals surface area contributed by atoms with Gasteiger partial charge >= 0.3 is 5.97 Å². The first-order chi connectivity index (χ1) is 14.0. The Balaban J connectivity index is 1.39. The molecule has 0 N–H and O–H groups in total. The minimum atomic E-state index is -0.364. The SMILES string of the molecule is O=C(OC1CCC2C(=O)C(Oc3ccccc3Br)=COC2C1)c1ccc(Br)cc1. The lowest BCUT2D eigenvalue weighted by molar-refractivity contribution is -0.132. The number of fused-ring (bicyclic) bond motifs is 1. The third-order valence-electron chi connectivity index (χ3n) is 5.08. The summed E-state index contributed by atoms with van der Waals surface area (Å²) in [5.74, 6) is 0.0288. The number of halogens is 2. The zero-order valence-electron chi connectivity index (χ0n) is 15.3. The van der Waals surface area contributed by atoms with E-state index in [1.165, 1.54) is 6.26 Å². The van der Waals surface area contributed by atoms with Gasteiger partial charge in [0.15, 0.2) is 0 Å². The van der Waals surface area contributed by atoms with Gasteiger partial charge < -0.3 is 14.2 Å². The topological polar surface area (TPSA) is 61.8 Å². The number of Topliss-reactive ketones (excluding diaryl/α,β-unsaturated/α-hetero) is 1. The number of esters is 1. The molecule has 0 amide bonds. The van der Waals surface area contributed by atoms with Gasteiger partial charge in [0.2, 0.25) is 11.5 Å². The van der Waals surface area contributed by atoms with Crippen molar-refractivity contribution in [2.75, 3.05) is 0 Å². The molecule has 150 valence electrons. The van der Waals surface area contributed by atoms with Gasteiger partial charge in [-0.1, -0.05) is 28.1 Å². The molecule has 2 aromatic rings. The van der Waals surface area contributed by atoms with E-state index >= 15 is 0 Å². The molecule has 29 heavy (non-hydrogen) atoms. The Morgan fingerprint density at radius 1 is 1.03 bits per heavy atom. The van der Waals surface area contributed by atoms with E-state index in [9.17, 15) is 9.59 Å². The molecule has 0 saturated heterocycles.